The summed E-state index contributed by atoms with van der Waals surface area (Å²) in [7, 11) is 0. The van der Waals surface area contributed by atoms with Gasteiger partial charge in [0.15, 0.2) is 0 Å². The molecule has 0 unspecified atom stereocenters. The number of hydrogen-bond acceptors (Lipinski definition) is 3. The molecule has 3 aromatic rings. The second kappa shape index (κ2) is 6.70. The van der Waals surface area contributed by atoms with E-state index in [9.17, 15) is 14.7 Å². The van der Waals surface area contributed by atoms with Crippen LogP contribution >= 0.6 is 0 Å². The Hall–Kier alpha value is -3.44. The second-order valence-corrected chi connectivity index (χ2v) is 6.50. The van der Waals surface area contributed by atoms with E-state index in [1.165, 1.54) is 29.3 Å². The van der Waals surface area contributed by atoms with Crippen molar-refractivity contribution in [2.75, 3.05) is 5.32 Å². The molecule has 0 bridgehead atoms. The molecule has 1 aliphatic rings. The van der Waals surface area contributed by atoms with Crippen LogP contribution in [0.5, 0.6) is 0 Å². The molecule has 0 heterocycles. The highest BCUT2D eigenvalue weighted by Crippen LogP contribution is 2.37. The highest BCUT2D eigenvalue weighted by Gasteiger charge is 2.19. The summed E-state index contributed by atoms with van der Waals surface area (Å²) in [5.74, 6) is -1.57. The first-order valence-corrected chi connectivity index (χ1v) is 8.56. The van der Waals surface area contributed by atoms with Crippen molar-refractivity contribution in [1.29, 1.82) is 0 Å². The molecule has 1 aliphatic carbocycles. The monoisotopic (exact) mass is 359 g/mol. The molecule has 3 aromatic carbocycles. The van der Waals surface area contributed by atoms with Crippen molar-refractivity contribution < 1.29 is 19.8 Å². The number of anilines is 1. The molecule has 0 saturated heterocycles. The van der Waals surface area contributed by atoms with Crippen molar-refractivity contribution in [2.45, 2.75) is 13.0 Å². The molecule has 0 saturated carbocycles. The third kappa shape index (κ3) is 3.09. The molecule has 134 valence electrons. The van der Waals surface area contributed by atoms with Crippen molar-refractivity contribution in [3.63, 3.8) is 0 Å². The molecule has 4 rings (SSSR count). The number of aromatic carboxylic acids is 1. The average Bonchev–Trinajstić information content (AvgIpc) is 3.05. The molecule has 0 atom stereocenters. The Kier molecular flexibility index (Phi) is 4.22. The molecule has 0 fully saturated rings. The van der Waals surface area contributed by atoms with Gasteiger partial charge in [0.25, 0.3) is 5.91 Å². The molecule has 1 amide bonds. The lowest BCUT2D eigenvalue weighted by Crippen LogP contribution is -2.15. The maximum atomic E-state index is 12.7. The van der Waals surface area contributed by atoms with E-state index in [2.05, 4.69) is 17.4 Å². The van der Waals surface area contributed by atoms with Crippen molar-refractivity contribution >= 4 is 17.6 Å². The fourth-order valence-electron chi connectivity index (χ4n) is 3.48. The van der Waals surface area contributed by atoms with Crippen molar-refractivity contribution in [3.05, 3.63) is 88.5 Å². The van der Waals surface area contributed by atoms with E-state index in [-0.39, 0.29) is 17.7 Å². The van der Waals surface area contributed by atoms with Crippen LogP contribution in [0.2, 0.25) is 0 Å². The van der Waals surface area contributed by atoms with Gasteiger partial charge in [0.1, 0.15) is 0 Å². The normalized spacial score (nSPS) is 11.6. The van der Waals surface area contributed by atoms with Crippen LogP contribution in [-0.4, -0.2) is 22.1 Å². The van der Waals surface area contributed by atoms with Crippen molar-refractivity contribution in [3.8, 4) is 11.1 Å². The highest BCUT2D eigenvalue weighted by molar-refractivity contribution is 6.06. The number of carbonyl (C=O) groups is 2. The minimum atomic E-state index is -1.12. The summed E-state index contributed by atoms with van der Waals surface area (Å²) in [5, 5.41) is 21.4. The standard InChI is InChI=1S/C22H17NO4/c24-12-15-6-5-14(22(26)27)11-20(15)21(25)23-17-7-8-19-16(10-17)9-13-3-1-2-4-18(13)19/h1-8,10-11,24H,9,12H2,(H,23,25)(H,26,27). The Balaban J connectivity index is 1.62. The third-order valence-corrected chi connectivity index (χ3v) is 4.82. The van der Waals surface area contributed by atoms with Crippen LogP contribution < -0.4 is 5.32 Å². The van der Waals surface area contributed by atoms with Crippen LogP contribution in [0.25, 0.3) is 11.1 Å². The van der Waals surface area contributed by atoms with Crippen molar-refractivity contribution in [1.82, 2.24) is 0 Å². The summed E-state index contributed by atoms with van der Waals surface area (Å²) in [6, 6.07) is 18.1. The molecule has 0 radical (unpaired) electrons. The van der Waals surface area contributed by atoms with E-state index in [0.717, 1.165) is 17.5 Å². The van der Waals surface area contributed by atoms with Crippen LogP contribution in [0.1, 0.15) is 37.4 Å². The van der Waals surface area contributed by atoms with Crippen LogP contribution in [0.3, 0.4) is 0 Å². The summed E-state index contributed by atoms with van der Waals surface area (Å²) in [6.07, 6.45) is 0.811. The molecule has 0 aliphatic heterocycles. The zero-order valence-corrected chi connectivity index (χ0v) is 14.4. The van der Waals surface area contributed by atoms with Gasteiger partial charge >= 0.3 is 5.97 Å². The van der Waals surface area contributed by atoms with Gasteiger partial charge in [0, 0.05) is 11.3 Å². The molecule has 5 heteroatoms. The first-order chi connectivity index (χ1) is 13.1. The minimum Gasteiger partial charge on any atom is -0.478 e. The molecule has 27 heavy (non-hydrogen) atoms. The first kappa shape index (κ1) is 17.0. The topological polar surface area (TPSA) is 86.6 Å². The van der Waals surface area contributed by atoms with Gasteiger partial charge in [-0.3, -0.25) is 4.79 Å². The SMILES string of the molecule is O=C(O)c1ccc(CO)c(C(=O)Nc2ccc3c(c2)Cc2ccccc2-3)c1. The number of amides is 1. The van der Waals surface area contributed by atoms with Crippen LogP contribution in [0.4, 0.5) is 5.69 Å². The van der Waals surface area contributed by atoms with E-state index in [0.29, 0.717) is 11.3 Å². The fourth-order valence-corrected chi connectivity index (χ4v) is 3.48. The van der Waals surface area contributed by atoms with E-state index < -0.39 is 11.9 Å². The minimum absolute atomic E-state index is 0.00162. The van der Waals surface area contributed by atoms with Crippen LogP contribution in [0, 0.1) is 0 Å². The highest BCUT2D eigenvalue weighted by atomic mass is 16.4. The van der Waals surface area contributed by atoms with E-state index >= 15 is 0 Å². The van der Waals surface area contributed by atoms with Crippen LogP contribution in [-0.2, 0) is 13.0 Å². The summed E-state index contributed by atoms with van der Waals surface area (Å²) in [5.41, 5.74) is 5.93. The summed E-state index contributed by atoms with van der Waals surface area (Å²) in [4.78, 5) is 23.8. The smallest absolute Gasteiger partial charge is 0.335 e. The Bertz CT molecular complexity index is 1070. The number of fused-ring (bicyclic) bond motifs is 3. The molecular formula is C22H17NO4. The number of carboxylic acid groups (broad SMARTS) is 1. The molecule has 3 N–H and O–H groups in total. The van der Waals surface area contributed by atoms with Gasteiger partial charge < -0.3 is 15.5 Å². The lowest BCUT2D eigenvalue weighted by molar-refractivity contribution is 0.0696. The largest absolute Gasteiger partial charge is 0.478 e. The van der Waals surface area contributed by atoms with Gasteiger partial charge in [-0.1, -0.05) is 36.4 Å². The van der Waals surface area contributed by atoms with Gasteiger partial charge in [0.05, 0.1) is 12.2 Å². The van der Waals surface area contributed by atoms with Gasteiger partial charge in [-0.05, 0) is 58.5 Å². The van der Waals surface area contributed by atoms with E-state index in [4.69, 9.17) is 5.11 Å². The number of aliphatic hydroxyl groups is 1. The number of nitrogens with one attached hydrogen (secondary N) is 1. The lowest BCUT2D eigenvalue weighted by atomic mass is 10.0. The van der Waals surface area contributed by atoms with Gasteiger partial charge in [-0.25, -0.2) is 4.79 Å². The molecular weight excluding hydrogens is 342 g/mol. The molecule has 0 aromatic heterocycles. The quantitative estimate of drug-likeness (QED) is 0.518. The Morgan fingerprint density at radius 1 is 0.926 bits per heavy atom. The Morgan fingerprint density at radius 3 is 2.48 bits per heavy atom. The number of hydrogen-bond donors (Lipinski definition) is 3. The second-order valence-electron chi connectivity index (χ2n) is 6.50. The van der Waals surface area contributed by atoms with Crippen LogP contribution in [0.15, 0.2) is 60.7 Å². The number of rotatable bonds is 4. The van der Waals surface area contributed by atoms with Gasteiger partial charge in [0.2, 0.25) is 0 Å². The molecule has 5 nitrogen and oxygen atoms in total. The predicted molar refractivity (Wildman–Crippen MR) is 102 cm³/mol. The number of carbonyl (C=O) groups excluding carboxylic acids is 1. The maximum Gasteiger partial charge on any atom is 0.335 e. The van der Waals surface area contributed by atoms with Gasteiger partial charge in [-0.15, -0.1) is 0 Å². The number of aliphatic hydroxyl groups excluding tert-OH is 1. The van der Waals surface area contributed by atoms with Gasteiger partial charge in [-0.2, -0.15) is 0 Å². The summed E-state index contributed by atoms with van der Waals surface area (Å²) >= 11 is 0. The zero-order valence-electron chi connectivity index (χ0n) is 14.4. The van der Waals surface area contributed by atoms with E-state index in [1.54, 1.807) is 0 Å². The summed E-state index contributed by atoms with van der Waals surface area (Å²) < 4.78 is 0. The summed E-state index contributed by atoms with van der Waals surface area (Å²) in [6.45, 7) is -0.345. The predicted octanol–water partition coefficient (Wildman–Crippen LogP) is 3.70. The zero-order chi connectivity index (χ0) is 19.0. The maximum absolute atomic E-state index is 12.7. The third-order valence-electron chi connectivity index (χ3n) is 4.82. The molecule has 0 spiro atoms. The average molecular weight is 359 g/mol. The Labute approximate surface area is 155 Å². The first-order valence-electron chi connectivity index (χ1n) is 8.56. The Morgan fingerprint density at radius 2 is 1.70 bits per heavy atom. The number of benzene rings is 3. The van der Waals surface area contributed by atoms with E-state index in [1.807, 2.05) is 30.3 Å². The fraction of sp³-hybridized carbons (Fsp3) is 0.0909. The number of carboxylic acids is 1. The van der Waals surface area contributed by atoms with Crippen molar-refractivity contribution in [2.24, 2.45) is 0 Å². The lowest BCUT2D eigenvalue weighted by Gasteiger charge is -2.11.